The highest BCUT2D eigenvalue weighted by Gasteiger charge is 2.32. The number of carbonyl (C=O) groups excluding carboxylic acids is 1. The molecule has 1 fully saturated rings. The second-order valence-electron chi connectivity index (χ2n) is 7.31. The fourth-order valence-corrected chi connectivity index (χ4v) is 5.22. The SMILES string of the molecule is CC1CN(S(=O)(=O)c2cccc(C(=O)CNc3ccc([N+](=O)[O-])cc3Cl)c2)CC(C)O1. The molecule has 2 atom stereocenters. The van der Waals surface area contributed by atoms with E-state index < -0.39 is 14.9 Å². The van der Waals surface area contributed by atoms with Crippen molar-refractivity contribution >= 4 is 38.8 Å². The summed E-state index contributed by atoms with van der Waals surface area (Å²) in [7, 11) is -3.77. The second kappa shape index (κ2) is 9.31. The van der Waals surface area contributed by atoms with Crippen LogP contribution in [0.25, 0.3) is 0 Å². The van der Waals surface area contributed by atoms with Gasteiger partial charge in [0.25, 0.3) is 5.69 Å². The van der Waals surface area contributed by atoms with Crippen LogP contribution in [0, 0.1) is 10.1 Å². The Balaban J connectivity index is 1.74. The molecular formula is C20H22ClN3O6S. The maximum absolute atomic E-state index is 13.0. The van der Waals surface area contributed by atoms with Gasteiger partial charge in [0.2, 0.25) is 10.0 Å². The quantitative estimate of drug-likeness (QED) is 0.376. The summed E-state index contributed by atoms with van der Waals surface area (Å²) in [6.45, 7) is 3.95. The van der Waals surface area contributed by atoms with Crippen molar-refractivity contribution in [3.63, 3.8) is 0 Å². The molecule has 1 aliphatic heterocycles. The van der Waals surface area contributed by atoms with E-state index in [0.717, 1.165) is 0 Å². The third-order valence-corrected chi connectivity index (χ3v) is 6.92. The summed E-state index contributed by atoms with van der Waals surface area (Å²) in [5, 5.41) is 13.7. The largest absolute Gasteiger partial charge is 0.376 e. The molecule has 0 saturated carbocycles. The molecule has 0 bridgehead atoms. The number of carbonyl (C=O) groups is 1. The number of nitrogens with zero attached hydrogens (tertiary/aromatic N) is 2. The third kappa shape index (κ3) is 5.40. The predicted molar refractivity (Wildman–Crippen MR) is 116 cm³/mol. The van der Waals surface area contributed by atoms with Gasteiger partial charge in [-0.2, -0.15) is 4.31 Å². The number of sulfonamides is 1. The Hall–Kier alpha value is -2.53. The number of nitro groups is 1. The summed E-state index contributed by atoms with van der Waals surface area (Å²) in [6, 6.07) is 9.73. The summed E-state index contributed by atoms with van der Waals surface area (Å²) in [5.74, 6) is -0.352. The first kappa shape index (κ1) is 23.1. The van der Waals surface area contributed by atoms with Gasteiger partial charge >= 0.3 is 0 Å². The number of morpholine rings is 1. The Labute approximate surface area is 185 Å². The first-order valence-electron chi connectivity index (χ1n) is 9.54. The number of rotatable bonds is 7. The molecule has 0 aliphatic carbocycles. The lowest BCUT2D eigenvalue weighted by Gasteiger charge is -2.34. The number of ether oxygens (including phenoxy) is 1. The highest BCUT2D eigenvalue weighted by Crippen LogP contribution is 2.27. The Morgan fingerprint density at radius 2 is 1.90 bits per heavy atom. The van der Waals surface area contributed by atoms with Crippen LogP contribution in [-0.2, 0) is 14.8 Å². The number of benzene rings is 2. The highest BCUT2D eigenvalue weighted by molar-refractivity contribution is 7.89. The summed E-state index contributed by atoms with van der Waals surface area (Å²) in [5.41, 5.74) is 0.424. The van der Waals surface area contributed by atoms with E-state index in [0.29, 0.717) is 5.69 Å². The molecule has 9 nitrogen and oxygen atoms in total. The van der Waals surface area contributed by atoms with Crippen molar-refractivity contribution in [3.8, 4) is 0 Å². The molecule has 1 saturated heterocycles. The van der Waals surface area contributed by atoms with E-state index in [1.54, 1.807) is 0 Å². The van der Waals surface area contributed by atoms with Gasteiger partial charge < -0.3 is 10.1 Å². The fraction of sp³-hybridized carbons (Fsp3) is 0.350. The van der Waals surface area contributed by atoms with Gasteiger partial charge in [0, 0.05) is 30.8 Å². The van der Waals surface area contributed by atoms with Crippen LogP contribution in [0.5, 0.6) is 0 Å². The number of Topliss-reactive ketones (excluding diaryl/α,β-unsaturated/α-hetero) is 1. The molecule has 166 valence electrons. The molecule has 1 N–H and O–H groups in total. The van der Waals surface area contributed by atoms with Crippen LogP contribution in [0.1, 0.15) is 24.2 Å². The Morgan fingerprint density at radius 1 is 1.23 bits per heavy atom. The average Bonchev–Trinajstić information content (AvgIpc) is 2.72. The zero-order valence-electron chi connectivity index (χ0n) is 16.9. The van der Waals surface area contributed by atoms with Crippen LogP contribution in [0.2, 0.25) is 5.02 Å². The van der Waals surface area contributed by atoms with Gasteiger partial charge in [-0.3, -0.25) is 14.9 Å². The number of anilines is 1. The van der Waals surface area contributed by atoms with Gasteiger partial charge in [-0.1, -0.05) is 23.7 Å². The Morgan fingerprint density at radius 3 is 2.52 bits per heavy atom. The van der Waals surface area contributed by atoms with Crippen LogP contribution < -0.4 is 5.32 Å². The number of hydrogen-bond donors (Lipinski definition) is 1. The lowest BCUT2D eigenvalue weighted by atomic mass is 10.1. The molecule has 1 heterocycles. The number of hydrogen-bond acceptors (Lipinski definition) is 7. The van der Waals surface area contributed by atoms with Crippen molar-refractivity contribution in [2.24, 2.45) is 0 Å². The van der Waals surface area contributed by atoms with Gasteiger partial charge in [-0.15, -0.1) is 0 Å². The van der Waals surface area contributed by atoms with Crippen molar-refractivity contribution in [1.29, 1.82) is 0 Å². The fourth-order valence-electron chi connectivity index (χ4n) is 3.34. The van der Waals surface area contributed by atoms with E-state index in [1.807, 2.05) is 13.8 Å². The minimum atomic E-state index is -3.77. The van der Waals surface area contributed by atoms with Crippen molar-refractivity contribution in [2.75, 3.05) is 25.0 Å². The van der Waals surface area contributed by atoms with E-state index in [4.69, 9.17) is 16.3 Å². The number of halogens is 1. The normalized spacial score (nSPS) is 19.7. The van der Waals surface area contributed by atoms with E-state index in [9.17, 15) is 23.3 Å². The topological polar surface area (TPSA) is 119 Å². The number of nitrogens with one attached hydrogen (secondary N) is 1. The number of non-ortho nitro benzene ring substituents is 1. The molecule has 2 aromatic rings. The maximum Gasteiger partial charge on any atom is 0.271 e. The van der Waals surface area contributed by atoms with Crippen LogP contribution in [0.3, 0.4) is 0 Å². The predicted octanol–water partition coefficient (Wildman–Crippen LogP) is 3.34. The molecule has 3 rings (SSSR count). The molecule has 11 heteroatoms. The van der Waals surface area contributed by atoms with E-state index >= 15 is 0 Å². The van der Waals surface area contributed by atoms with E-state index in [-0.39, 0.29) is 58.8 Å². The summed E-state index contributed by atoms with van der Waals surface area (Å²) < 4.78 is 33.0. The van der Waals surface area contributed by atoms with Crippen LogP contribution in [-0.4, -0.2) is 55.3 Å². The smallest absolute Gasteiger partial charge is 0.271 e. The van der Waals surface area contributed by atoms with Crippen LogP contribution in [0.15, 0.2) is 47.4 Å². The molecular weight excluding hydrogens is 446 g/mol. The van der Waals surface area contributed by atoms with Crippen LogP contribution in [0.4, 0.5) is 11.4 Å². The zero-order valence-corrected chi connectivity index (χ0v) is 18.5. The number of nitro benzene ring substituents is 1. The van der Waals surface area contributed by atoms with Crippen molar-refractivity contribution in [3.05, 3.63) is 63.2 Å². The Bertz CT molecular complexity index is 1100. The molecule has 2 aromatic carbocycles. The van der Waals surface area contributed by atoms with Gasteiger partial charge in [0.05, 0.1) is 39.3 Å². The first-order chi connectivity index (χ1) is 14.6. The summed E-state index contributed by atoms with van der Waals surface area (Å²) in [6.07, 6.45) is -0.446. The molecule has 0 radical (unpaired) electrons. The zero-order chi connectivity index (χ0) is 22.8. The molecule has 1 aliphatic rings. The average molecular weight is 468 g/mol. The molecule has 0 aromatic heterocycles. The van der Waals surface area contributed by atoms with E-state index in [1.165, 1.54) is 46.8 Å². The molecule has 2 unspecified atom stereocenters. The van der Waals surface area contributed by atoms with Gasteiger partial charge in [-0.05, 0) is 32.0 Å². The number of ketones is 1. The van der Waals surface area contributed by atoms with Crippen LogP contribution >= 0.6 is 11.6 Å². The lowest BCUT2D eigenvalue weighted by molar-refractivity contribution is -0.384. The van der Waals surface area contributed by atoms with Crippen molar-refractivity contribution in [1.82, 2.24) is 4.31 Å². The van der Waals surface area contributed by atoms with Gasteiger partial charge in [0.1, 0.15) is 0 Å². The summed E-state index contributed by atoms with van der Waals surface area (Å²) >= 11 is 6.02. The van der Waals surface area contributed by atoms with Crippen molar-refractivity contribution in [2.45, 2.75) is 31.0 Å². The first-order valence-corrected chi connectivity index (χ1v) is 11.4. The Kier molecular flexibility index (Phi) is 6.95. The van der Waals surface area contributed by atoms with E-state index in [2.05, 4.69) is 5.32 Å². The molecule has 31 heavy (non-hydrogen) atoms. The van der Waals surface area contributed by atoms with Crippen molar-refractivity contribution < 1.29 is 22.9 Å². The molecule has 0 spiro atoms. The molecule has 0 amide bonds. The van der Waals surface area contributed by atoms with Gasteiger partial charge in [0.15, 0.2) is 5.78 Å². The highest BCUT2D eigenvalue weighted by atomic mass is 35.5. The minimum Gasteiger partial charge on any atom is -0.376 e. The third-order valence-electron chi connectivity index (χ3n) is 4.78. The minimum absolute atomic E-state index is 0.0352. The standard InChI is InChI=1S/C20H22ClN3O6S/c1-13-11-23(12-14(2)30-13)31(28,29)17-5-3-4-15(8-17)20(25)10-22-19-7-6-16(24(26)27)9-18(19)21/h3-9,13-14,22H,10-12H2,1-2H3. The monoisotopic (exact) mass is 467 g/mol. The lowest BCUT2D eigenvalue weighted by Crippen LogP contribution is -2.48. The maximum atomic E-state index is 13.0. The van der Waals surface area contributed by atoms with Gasteiger partial charge in [-0.25, -0.2) is 8.42 Å². The second-order valence-corrected chi connectivity index (χ2v) is 9.65. The summed E-state index contributed by atoms with van der Waals surface area (Å²) in [4.78, 5) is 22.9.